The van der Waals surface area contributed by atoms with E-state index in [0.29, 0.717) is 35.9 Å². The fourth-order valence-corrected chi connectivity index (χ4v) is 8.19. The van der Waals surface area contributed by atoms with Crippen LogP contribution in [0.2, 0.25) is 0 Å². The van der Waals surface area contributed by atoms with E-state index in [4.69, 9.17) is 0 Å². The minimum Gasteiger partial charge on any atom is -0.343 e. The summed E-state index contributed by atoms with van der Waals surface area (Å²) in [6.45, 7) is 7.47. The molecule has 0 unspecified atom stereocenters. The maximum atomic E-state index is 13.7. The van der Waals surface area contributed by atoms with Crippen molar-refractivity contribution in [1.29, 1.82) is 0 Å². The summed E-state index contributed by atoms with van der Waals surface area (Å²) in [5.41, 5.74) is 2.57. The highest BCUT2D eigenvalue weighted by atomic mass is 19.2. The number of rotatable bonds is 23. The van der Waals surface area contributed by atoms with Crippen LogP contribution in [0.3, 0.4) is 0 Å². The molecule has 0 spiro atoms. The van der Waals surface area contributed by atoms with Crippen LogP contribution in [0.15, 0.2) is 48.8 Å². The number of carbonyl (C=O) groups excluding carboxylic acids is 6. The van der Waals surface area contributed by atoms with E-state index < -0.39 is 58.5 Å². The Morgan fingerprint density at radius 1 is 0.514 bits per heavy atom. The second-order valence-electron chi connectivity index (χ2n) is 17.0. The molecular formula is C48H54F4N12O6. The first-order valence-corrected chi connectivity index (χ1v) is 22.6. The fourth-order valence-electron chi connectivity index (χ4n) is 8.19. The summed E-state index contributed by atoms with van der Waals surface area (Å²) in [4.78, 5) is 78.4. The first-order chi connectivity index (χ1) is 33.4. The number of nitrogens with one attached hydrogen (secondary N) is 4. The summed E-state index contributed by atoms with van der Waals surface area (Å²) in [5.74, 6) is -9.13. The molecule has 0 saturated heterocycles. The van der Waals surface area contributed by atoms with Gasteiger partial charge in [0.05, 0.1) is 36.6 Å². The second kappa shape index (κ2) is 23.0. The molecule has 0 saturated carbocycles. The van der Waals surface area contributed by atoms with Crippen LogP contribution in [-0.4, -0.2) is 74.3 Å². The van der Waals surface area contributed by atoms with Crippen molar-refractivity contribution in [1.82, 2.24) is 49.8 Å². The highest BCUT2D eigenvalue weighted by Gasteiger charge is 2.30. The van der Waals surface area contributed by atoms with Gasteiger partial charge in [0.25, 0.3) is 35.2 Å². The third-order valence-electron chi connectivity index (χ3n) is 12.1. The van der Waals surface area contributed by atoms with Gasteiger partial charge in [-0.2, -0.15) is 0 Å². The van der Waals surface area contributed by atoms with Crippen molar-refractivity contribution in [3.05, 3.63) is 128 Å². The molecule has 4 heterocycles. The van der Waals surface area contributed by atoms with Crippen molar-refractivity contribution in [3.8, 4) is 0 Å². The summed E-state index contributed by atoms with van der Waals surface area (Å²) < 4.78 is 60.4. The zero-order valence-electron chi connectivity index (χ0n) is 39.6. The lowest BCUT2D eigenvalue weighted by atomic mass is 10.0. The Labute approximate surface area is 400 Å². The van der Waals surface area contributed by atoms with E-state index in [1.54, 1.807) is 49.7 Å². The molecule has 2 aromatic carbocycles. The van der Waals surface area contributed by atoms with Crippen molar-refractivity contribution in [3.63, 3.8) is 0 Å². The van der Waals surface area contributed by atoms with E-state index in [2.05, 4.69) is 41.9 Å². The molecule has 0 atom stereocenters. The molecule has 0 aliphatic heterocycles. The van der Waals surface area contributed by atoms with Gasteiger partial charge in [0.2, 0.25) is 0 Å². The van der Waals surface area contributed by atoms with Gasteiger partial charge in [-0.05, 0) is 75.9 Å². The number of aromatic nitrogens is 8. The van der Waals surface area contributed by atoms with Crippen molar-refractivity contribution < 1.29 is 46.3 Å². The zero-order valence-corrected chi connectivity index (χ0v) is 39.6. The maximum Gasteiger partial charge on any atom is 0.292 e. The zero-order chi connectivity index (χ0) is 50.8. The molecule has 0 aliphatic carbocycles. The lowest BCUT2D eigenvalue weighted by Crippen LogP contribution is -2.31. The molecule has 370 valence electrons. The number of carbonyl (C=O) groups is 6. The summed E-state index contributed by atoms with van der Waals surface area (Å²) in [5, 5.41) is 26.6. The number of unbranched alkanes of at least 4 members (excludes halogenated alkanes) is 7. The fraction of sp³-hybridized carbons (Fsp3) is 0.375. The average Bonchev–Trinajstić information content (AvgIpc) is 4.08. The van der Waals surface area contributed by atoms with Gasteiger partial charge in [0, 0.05) is 62.1 Å². The molecule has 0 aliphatic rings. The summed E-state index contributed by atoms with van der Waals surface area (Å²) in [6.07, 6.45) is 11.4. The number of hydrogen-bond donors (Lipinski definition) is 4. The van der Waals surface area contributed by atoms with E-state index in [1.807, 2.05) is 0 Å². The van der Waals surface area contributed by atoms with Crippen molar-refractivity contribution in [2.45, 2.75) is 105 Å². The summed E-state index contributed by atoms with van der Waals surface area (Å²) in [6, 6.07) is 5.88. The molecule has 6 rings (SSSR count). The molecule has 18 nitrogen and oxygen atoms in total. The van der Waals surface area contributed by atoms with Crippen molar-refractivity contribution in [2.75, 3.05) is 10.6 Å². The van der Waals surface area contributed by atoms with E-state index in [9.17, 15) is 46.3 Å². The summed E-state index contributed by atoms with van der Waals surface area (Å²) >= 11 is 0. The number of anilines is 2. The Morgan fingerprint density at radius 3 is 1.23 bits per heavy atom. The van der Waals surface area contributed by atoms with Gasteiger partial charge in [0.1, 0.15) is 22.8 Å². The van der Waals surface area contributed by atoms with Gasteiger partial charge in [-0.25, -0.2) is 17.6 Å². The van der Waals surface area contributed by atoms with Crippen LogP contribution < -0.4 is 21.3 Å². The van der Waals surface area contributed by atoms with E-state index in [-0.39, 0.29) is 58.1 Å². The Hall–Kier alpha value is -7.78. The minimum absolute atomic E-state index is 0.0269. The van der Waals surface area contributed by atoms with E-state index in [1.165, 1.54) is 35.1 Å². The molecule has 4 N–H and O–H groups in total. The smallest absolute Gasteiger partial charge is 0.292 e. The topological polar surface area (TPSA) is 222 Å². The first kappa shape index (κ1) is 51.6. The van der Waals surface area contributed by atoms with Gasteiger partial charge in [-0.1, -0.05) is 49.0 Å². The molecule has 0 bridgehead atoms. The van der Waals surface area contributed by atoms with Crippen LogP contribution in [-0.2, 0) is 49.9 Å². The SMILES string of the molecule is Cc1c(C(=O)C(=O)NCc2cn(CCCCCCCCCCn3cc(CNC(=O)C(=O)c4c(C)c(C(=O)Nc5ccc(F)c(F)c5)n(C)c4C)nn3)nn2)c(C)n(C)c1C(=O)Nc1ccc(F)c(F)c1. The van der Waals surface area contributed by atoms with Crippen LogP contribution in [0.5, 0.6) is 0 Å². The first-order valence-electron chi connectivity index (χ1n) is 22.6. The number of amides is 4. The van der Waals surface area contributed by atoms with E-state index >= 15 is 0 Å². The number of nitrogens with zero attached hydrogens (tertiary/aromatic N) is 8. The van der Waals surface area contributed by atoms with Crippen LogP contribution in [0.4, 0.5) is 28.9 Å². The van der Waals surface area contributed by atoms with Gasteiger partial charge >= 0.3 is 0 Å². The Balaban J connectivity index is 0.830. The van der Waals surface area contributed by atoms with Gasteiger partial charge in [0.15, 0.2) is 23.3 Å². The Morgan fingerprint density at radius 2 is 0.871 bits per heavy atom. The highest BCUT2D eigenvalue weighted by Crippen LogP contribution is 2.26. The quantitative estimate of drug-likeness (QED) is 0.0231. The second-order valence-corrected chi connectivity index (χ2v) is 17.0. The molecule has 70 heavy (non-hydrogen) atoms. The Kier molecular flexibility index (Phi) is 17.0. The van der Waals surface area contributed by atoms with Crippen LogP contribution >= 0.6 is 0 Å². The number of ketones is 2. The predicted molar refractivity (Wildman–Crippen MR) is 248 cm³/mol. The average molecular weight is 971 g/mol. The lowest BCUT2D eigenvalue weighted by molar-refractivity contribution is -0.117. The van der Waals surface area contributed by atoms with Crippen LogP contribution in [0, 0.1) is 51.0 Å². The monoisotopic (exact) mass is 970 g/mol. The molecule has 0 fully saturated rings. The largest absolute Gasteiger partial charge is 0.343 e. The van der Waals surface area contributed by atoms with E-state index in [0.717, 1.165) is 75.6 Å². The maximum absolute atomic E-state index is 13.7. The number of benzene rings is 2. The molecule has 22 heteroatoms. The Bertz CT molecular complexity index is 2760. The van der Waals surface area contributed by atoms with Crippen molar-refractivity contribution in [2.24, 2.45) is 14.1 Å². The lowest BCUT2D eigenvalue weighted by Gasteiger charge is -2.08. The minimum atomic E-state index is -1.13. The normalized spacial score (nSPS) is 11.2. The van der Waals surface area contributed by atoms with Crippen LogP contribution in [0.1, 0.15) is 127 Å². The van der Waals surface area contributed by atoms with Gasteiger partial charge in [-0.15, -0.1) is 10.2 Å². The third-order valence-corrected chi connectivity index (χ3v) is 12.1. The molecule has 6 aromatic rings. The molecule has 4 aromatic heterocycles. The van der Waals surface area contributed by atoms with Crippen molar-refractivity contribution >= 4 is 46.6 Å². The number of aryl methyl sites for hydroxylation is 2. The number of hydrogen-bond acceptors (Lipinski definition) is 10. The molecule has 0 radical (unpaired) electrons. The van der Waals surface area contributed by atoms with Gasteiger partial charge < -0.3 is 30.4 Å². The number of halogens is 4. The molecular weight excluding hydrogens is 917 g/mol. The number of Topliss-reactive ketones (excluding diaryl/α,β-unsaturated/α-hetero) is 2. The highest BCUT2D eigenvalue weighted by molar-refractivity contribution is 6.44. The van der Waals surface area contributed by atoms with Crippen LogP contribution in [0.25, 0.3) is 0 Å². The third kappa shape index (κ3) is 12.3. The summed E-state index contributed by atoms with van der Waals surface area (Å²) in [7, 11) is 3.12. The standard InChI is InChI=1S/C48H54F4N12O6/c1-27-39(29(3)61(5)41(27)45(67)55-31-15-17-35(49)37(51)21-31)43(65)47(69)53-23-33-25-63(59-57-33)19-13-11-9-7-8-10-12-14-20-64-26-34(58-60-64)24-54-48(70)44(66)40-28(2)42(62(6)30(40)4)46(68)56-32-16-18-36(50)38(52)22-32/h15-18,21-22,25-26H,7-14,19-20,23-24H2,1-6H3,(H,53,69)(H,54,70)(H,55,67)(H,56,68). The molecule has 4 amide bonds. The van der Waals surface area contributed by atoms with Gasteiger partial charge in [-0.3, -0.25) is 38.1 Å². The predicted octanol–water partition coefficient (Wildman–Crippen LogP) is 6.66.